The highest BCUT2D eigenvalue weighted by Crippen LogP contribution is 2.70. The van der Waals surface area contributed by atoms with Gasteiger partial charge in [0.1, 0.15) is 12.2 Å². The van der Waals surface area contributed by atoms with Gasteiger partial charge in [-0.05, 0) is 220 Å². The maximum atomic E-state index is 13.2. The molecule has 8 heterocycles. The first-order valence-electron chi connectivity index (χ1n) is 30.1. The number of aliphatic hydroxyl groups excluding tert-OH is 4. The fraction of sp³-hybridized carbons (Fsp3) is 0.806. The highest BCUT2D eigenvalue weighted by Gasteiger charge is 2.68. The van der Waals surface area contributed by atoms with Crippen molar-refractivity contribution in [2.75, 3.05) is 26.3 Å². The van der Waals surface area contributed by atoms with Gasteiger partial charge in [-0.2, -0.15) is 0 Å². The van der Waals surface area contributed by atoms with Gasteiger partial charge in [0.2, 0.25) is 11.8 Å². The molecule has 0 radical (unpaired) electrons. The Labute approximate surface area is 461 Å². The van der Waals surface area contributed by atoms with Crippen molar-refractivity contribution in [2.45, 2.75) is 194 Å². The number of carbonyl (C=O) groups is 6. The van der Waals surface area contributed by atoms with Crippen molar-refractivity contribution in [3.8, 4) is 0 Å². The third-order valence-corrected chi connectivity index (χ3v) is 24.0. The van der Waals surface area contributed by atoms with E-state index in [9.17, 15) is 49.2 Å². The fourth-order valence-corrected chi connectivity index (χ4v) is 19.7. The predicted molar refractivity (Wildman–Crippen MR) is 286 cm³/mol. The minimum Gasteiger partial charge on any atom is -0.460 e. The zero-order valence-electron chi connectivity index (χ0n) is 47.1. The van der Waals surface area contributed by atoms with E-state index in [-0.39, 0.29) is 105 Å². The van der Waals surface area contributed by atoms with Crippen molar-refractivity contribution in [1.29, 1.82) is 0 Å². The second-order valence-corrected chi connectivity index (χ2v) is 27.4. The highest BCUT2D eigenvalue weighted by atomic mass is 16.6. The van der Waals surface area contributed by atoms with Gasteiger partial charge in [0.25, 0.3) is 0 Å². The summed E-state index contributed by atoms with van der Waals surface area (Å²) in [5.74, 6) is -1.63. The summed E-state index contributed by atoms with van der Waals surface area (Å²) in [5.41, 5.74) is -0.926. The number of rotatable bonds is 0. The first-order valence-corrected chi connectivity index (χ1v) is 30.1. The van der Waals surface area contributed by atoms with Gasteiger partial charge >= 0.3 is 23.9 Å². The molecule has 2 amide bonds. The SMILES string of the molecule is C[C@@H]1CCC(=O)NCCNC(=O)CC[C@@H](C)[C@H]2CC[C@H]3[C@@H]4[C@H](O)C[C@@H]5C[C@@H](CC[C@]5(C)[C@H]4C[C@H](O)[C@]23C)OC(=O)COC(=O)c2ccc(cc2)C(=O)OCC(=O)O[C@@H]2CC[C@@]3(C)[C@@H](C2)C[C@@H](O)[C@@H]2[C@@H]3C[C@H](O)[C@]3(C)[C@@H]1CC[C@@H]23. The molecular weight excluding hydrogens is 997 g/mol. The van der Waals surface area contributed by atoms with Crippen molar-refractivity contribution in [1.82, 2.24) is 10.6 Å². The lowest BCUT2D eigenvalue weighted by molar-refractivity contribution is -0.210. The van der Waals surface area contributed by atoms with E-state index < -0.39 is 84.5 Å². The number of hydrogen-bond donors (Lipinski definition) is 6. The molecule has 16 heteroatoms. The Morgan fingerprint density at radius 1 is 0.474 bits per heavy atom. The lowest BCUT2D eigenvalue weighted by Crippen LogP contribution is -2.62. The van der Waals surface area contributed by atoms with E-state index in [1.807, 2.05) is 0 Å². The molecule has 16 nitrogen and oxygen atoms in total. The number of benzene rings is 1. The van der Waals surface area contributed by atoms with Crippen LogP contribution in [0.25, 0.3) is 0 Å². The number of fused-ring (bicyclic) bond motifs is 1. The molecule has 8 aliphatic carbocycles. The van der Waals surface area contributed by atoms with Gasteiger partial charge in [0.05, 0.1) is 35.5 Å². The van der Waals surface area contributed by atoms with Crippen LogP contribution in [0, 0.1) is 92.7 Å². The maximum absolute atomic E-state index is 13.2. The third kappa shape index (κ3) is 10.3. The van der Waals surface area contributed by atoms with Crippen LogP contribution in [0.5, 0.6) is 0 Å². The van der Waals surface area contributed by atoms with Gasteiger partial charge in [-0.15, -0.1) is 0 Å². The van der Waals surface area contributed by atoms with Gasteiger partial charge in [0, 0.05) is 25.9 Å². The molecule has 22 atom stereocenters. The van der Waals surface area contributed by atoms with Crippen LogP contribution < -0.4 is 10.6 Å². The zero-order chi connectivity index (χ0) is 55.6. The van der Waals surface area contributed by atoms with Gasteiger partial charge < -0.3 is 50.0 Å². The van der Waals surface area contributed by atoms with E-state index in [0.29, 0.717) is 90.1 Å². The molecule has 0 aromatic heterocycles. The average molecular weight is 1090 g/mol. The van der Waals surface area contributed by atoms with Crippen molar-refractivity contribution in [3.05, 3.63) is 35.4 Å². The topological polar surface area (TPSA) is 244 Å². The Morgan fingerprint density at radius 3 is 1.23 bits per heavy atom. The monoisotopic (exact) mass is 1090 g/mol. The van der Waals surface area contributed by atoms with Gasteiger partial charge in [-0.1, -0.05) is 41.5 Å². The molecule has 0 spiro atoms. The van der Waals surface area contributed by atoms with Crippen LogP contribution in [-0.4, -0.2) is 119 Å². The van der Waals surface area contributed by atoms with Crippen LogP contribution in [0.4, 0.5) is 0 Å². The normalized spacial score (nSPS) is 46.9. The van der Waals surface area contributed by atoms with Crippen molar-refractivity contribution in [2.24, 2.45) is 92.7 Å². The number of hydrogen-bond acceptors (Lipinski definition) is 14. The standard InChI is InChI=1S/C62H90N2O14/c1-33-7-17-51(69)63-23-24-64-52(70)18-8-34(2)42-14-16-44-56-46(30-50(68)62(42,44)6)60(4)22-20-40(26-38(60)28-48(56)66)78-54(72)32-76-58(74)36-11-9-35(10-12-36)57(73)75-31-53(71)77-39-19-21-59(3)37(25-39)27-47(65)55-43-15-13-41(33)61(43,5)49(67)29-45(55)59/h9-12,33-34,37-50,55-56,65-68H,7-8,13-32H2,1-6H3,(H,63,69)(H,64,70)/t33-,34-,37+,38+,39-,40-,41-,42-,43+,44+,45+,46+,47-,48-,49+,50+,55+,56+,59+,60+,61-,62-/m1/s1. The van der Waals surface area contributed by atoms with E-state index in [4.69, 9.17) is 18.9 Å². The molecule has 78 heavy (non-hydrogen) atoms. The molecular formula is C62H90N2O14. The Balaban J connectivity index is 0.797. The van der Waals surface area contributed by atoms with E-state index in [2.05, 4.69) is 52.2 Å². The lowest BCUT2D eigenvalue weighted by Gasteiger charge is -2.63. The quantitative estimate of drug-likeness (QED) is 0.112. The molecule has 6 N–H and O–H groups in total. The fourth-order valence-electron chi connectivity index (χ4n) is 19.7. The molecule has 1 aromatic rings. The second kappa shape index (κ2) is 22.3. The number of aliphatic hydroxyl groups is 4. The van der Waals surface area contributed by atoms with E-state index in [0.717, 1.165) is 38.5 Å². The van der Waals surface area contributed by atoms with Crippen LogP contribution in [-0.2, 0) is 38.1 Å². The Bertz CT molecular complexity index is 2250. The van der Waals surface area contributed by atoms with Crippen LogP contribution in [0.15, 0.2) is 24.3 Å². The molecule has 0 saturated heterocycles. The lowest BCUT2D eigenvalue weighted by atomic mass is 9.43. The third-order valence-electron chi connectivity index (χ3n) is 24.0. The summed E-state index contributed by atoms with van der Waals surface area (Å²) in [7, 11) is 0. The van der Waals surface area contributed by atoms with Crippen molar-refractivity contribution < 1.29 is 68.1 Å². The molecule has 432 valence electrons. The van der Waals surface area contributed by atoms with Crippen LogP contribution >= 0.6 is 0 Å². The Morgan fingerprint density at radius 2 is 0.846 bits per heavy atom. The first-order chi connectivity index (χ1) is 37.1. The minimum absolute atomic E-state index is 0.0317. The van der Waals surface area contributed by atoms with Crippen molar-refractivity contribution >= 4 is 35.7 Å². The molecule has 8 aliphatic heterocycles. The second-order valence-electron chi connectivity index (χ2n) is 27.4. The number of esters is 4. The molecule has 17 rings (SSSR count). The van der Waals surface area contributed by atoms with Gasteiger partial charge in [-0.25, -0.2) is 19.2 Å². The van der Waals surface area contributed by atoms with Gasteiger partial charge in [-0.3, -0.25) is 9.59 Å². The maximum Gasteiger partial charge on any atom is 0.344 e. The largest absolute Gasteiger partial charge is 0.460 e. The van der Waals surface area contributed by atoms with Gasteiger partial charge in [0.15, 0.2) is 13.2 Å². The van der Waals surface area contributed by atoms with Crippen LogP contribution in [0.1, 0.15) is 178 Å². The van der Waals surface area contributed by atoms with Crippen LogP contribution in [0.2, 0.25) is 0 Å². The number of nitrogens with one attached hydrogen (secondary N) is 2. The summed E-state index contributed by atoms with van der Waals surface area (Å²) in [6, 6.07) is 5.53. The summed E-state index contributed by atoms with van der Waals surface area (Å²) >= 11 is 0. The molecule has 1 aromatic carbocycles. The Hall–Kier alpha value is -4.12. The summed E-state index contributed by atoms with van der Waals surface area (Å²) in [4.78, 5) is 78.7. The number of carbonyl (C=O) groups excluding carboxylic acids is 6. The van der Waals surface area contributed by atoms with Crippen LogP contribution in [0.3, 0.4) is 0 Å². The van der Waals surface area contributed by atoms with Crippen molar-refractivity contribution in [3.63, 3.8) is 0 Å². The average Bonchev–Trinajstić information content (AvgIpc) is 3.56. The number of ether oxygens (including phenoxy) is 4. The first kappa shape index (κ1) is 57.1. The van der Waals surface area contributed by atoms with E-state index >= 15 is 0 Å². The van der Waals surface area contributed by atoms with E-state index in [1.165, 1.54) is 24.3 Å². The molecule has 18 bridgehead atoms. The summed E-state index contributed by atoms with van der Waals surface area (Å²) in [5, 5.41) is 54.5. The summed E-state index contributed by atoms with van der Waals surface area (Å²) in [6.07, 6.45) is 8.86. The summed E-state index contributed by atoms with van der Waals surface area (Å²) < 4.78 is 22.4. The molecule has 8 fully saturated rings. The predicted octanol–water partition coefficient (Wildman–Crippen LogP) is 7.10. The Kier molecular flexibility index (Phi) is 16.3. The molecule has 0 unspecified atom stereocenters. The zero-order valence-corrected chi connectivity index (χ0v) is 47.1. The summed E-state index contributed by atoms with van der Waals surface area (Å²) in [6.45, 7) is 12.9. The number of amides is 2. The minimum atomic E-state index is -0.775. The highest BCUT2D eigenvalue weighted by molar-refractivity contribution is 5.94. The molecule has 8 saturated carbocycles. The molecule has 16 aliphatic rings. The smallest absolute Gasteiger partial charge is 0.344 e. The van der Waals surface area contributed by atoms with E-state index in [1.54, 1.807) is 0 Å².